The van der Waals surface area contributed by atoms with Gasteiger partial charge in [0, 0.05) is 38.3 Å². The Bertz CT molecular complexity index is 723. The number of hydrogen-bond donors (Lipinski definition) is 0. The van der Waals surface area contributed by atoms with Crippen LogP contribution >= 0.6 is 0 Å². The molecule has 1 saturated heterocycles. The third kappa shape index (κ3) is 3.09. The van der Waals surface area contributed by atoms with Crippen molar-refractivity contribution in [1.82, 2.24) is 19.5 Å². The van der Waals surface area contributed by atoms with Crippen molar-refractivity contribution in [1.29, 1.82) is 0 Å². The summed E-state index contributed by atoms with van der Waals surface area (Å²) in [5, 5.41) is 4.25. The van der Waals surface area contributed by atoms with Crippen LogP contribution in [0.3, 0.4) is 0 Å². The molecule has 0 aromatic carbocycles. The van der Waals surface area contributed by atoms with Crippen molar-refractivity contribution in [3.05, 3.63) is 24.7 Å². The number of hydrogen-bond acceptors (Lipinski definition) is 4. The summed E-state index contributed by atoms with van der Waals surface area (Å²) in [6.07, 6.45) is 8.96. The molecule has 4 rings (SSSR count). The highest BCUT2D eigenvalue weighted by molar-refractivity contribution is 5.76. The van der Waals surface area contributed by atoms with Gasteiger partial charge in [0.15, 0.2) is 5.82 Å². The van der Waals surface area contributed by atoms with E-state index in [9.17, 15) is 4.79 Å². The highest BCUT2D eigenvalue weighted by Gasteiger charge is 2.27. The molecule has 2 aromatic heterocycles. The van der Waals surface area contributed by atoms with Gasteiger partial charge in [0.25, 0.3) is 0 Å². The molecule has 1 aliphatic carbocycles. The van der Waals surface area contributed by atoms with Crippen LogP contribution in [-0.2, 0) is 4.79 Å². The SMILES string of the molecule is CC1CCN(C(=O)CCC2CC2)CCN1c1ncnn2cccc12. The highest BCUT2D eigenvalue weighted by atomic mass is 16.2. The van der Waals surface area contributed by atoms with Crippen LogP contribution in [0, 0.1) is 5.92 Å². The number of anilines is 1. The van der Waals surface area contributed by atoms with Crippen molar-refractivity contribution in [2.75, 3.05) is 24.5 Å². The van der Waals surface area contributed by atoms with Crippen molar-refractivity contribution in [3.8, 4) is 0 Å². The number of carbonyl (C=O) groups is 1. The minimum absolute atomic E-state index is 0.325. The Hall–Kier alpha value is -2.11. The summed E-state index contributed by atoms with van der Waals surface area (Å²) in [6.45, 7) is 4.68. The highest BCUT2D eigenvalue weighted by Crippen LogP contribution is 2.33. The Morgan fingerprint density at radius 2 is 2.12 bits per heavy atom. The van der Waals surface area contributed by atoms with E-state index < -0.39 is 0 Å². The van der Waals surface area contributed by atoms with Gasteiger partial charge in [0.05, 0.1) is 0 Å². The second kappa shape index (κ2) is 6.42. The number of amides is 1. The van der Waals surface area contributed by atoms with Gasteiger partial charge in [-0.3, -0.25) is 4.79 Å². The van der Waals surface area contributed by atoms with E-state index >= 15 is 0 Å². The quantitative estimate of drug-likeness (QED) is 0.865. The van der Waals surface area contributed by atoms with Crippen LogP contribution in [0.2, 0.25) is 0 Å². The van der Waals surface area contributed by atoms with Gasteiger partial charge in [-0.25, -0.2) is 9.50 Å². The van der Waals surface area contributed by atoms with Gasteiger partial charge < -0.3 is 9.80 Å². The molecule has 128 valence electrons. The van der Waals surface area contributed by atoms with Crippen molar-refractivity contribution >= 4 is 17.2 Å². The van der Waals surface area contributed by atoms with Crippen LogP contribution < -0.4 is 4.90 Å². The summed E-state index contributed by atoms with van der Waals surface area (Å²) in [4.78, 5) is 21.4. The Balaban J connectivity index is 1.47. The molecule has 6 heteroatoms. The number of fused-ring (bicyclic) bond motifs is 1. The van der Waals surface area contributed by atoms with Crippen LogP contribution in [0.15, 0.2) is 24.7 Å². The van der Waals surface area contributed by atoms with Gasteiger partial charge in [-0.1, -0.05) is 12.8 Å². The monoisotopic (exact) mass is 327 g/mol. The molecule has 2 aliphatic rings. The second-order valence-corrected chi connectivity index (χ2v) is 7.12. The van der Waals surface area contributed by atoms with Crippen LogP contribution in [0.1, 0.15) is 39.0 Å². The van der Waals surface area contributed by atoms with Gasteiger partial charge in [-0.15, -0.1) is 0 Å². The van der Waals surface area contributed by atoms with E-state index in [0.29, 0.717) is 11.9 Å². The number of carbonyl (C=O) groups excluding carboxylic acids is 1. The zero-order valence-electron chi connectivity index (χ0n) is 14.3. The molecule has 3 heterocycles. The van der Waals surface area contributed by atoms with Crippen molar-refractivity contribution in [2.24, 2.45) is 5.92 Å². The molecule has 1 unspecified atom stereocenters. The number of nitrogens with zero attached hydrogens (tertiary/aromatic N) is 5. The Morgan fingerprint density at radius 1 is 1.25 bits per heavy atom. The normalized spacial score (nSPS) is 22.0. The van der Waals surface area contributed by atoms with E-state index in [4.69, 9.17) is 0 Å². The van der Waals surface area contributed by atoms with E-state index in [2.05, 4.69) is 26.8 Å². The fraction of sp³-hybridized carbons (Fsp3) is 0.611. The fourth-order valence-corrected chi connectivity index (χ4v) is 3.59. The Morgan fingerprint density at radius 3 is 2.96 bits per heavy atom. The van der Waals surface area contributed by atoms with Crippen molar-refractivity contribution < 1.29 is 4.79 Å². The third-order valence-corrected chi connectivity index (χ3v) is 5.36. The predicted octanol–water partition coefficient (Wildman–Crippen LogP) is 2.35. The lowest BCUT2D eigenvalue weighted by Gasteiger charge is -2.28. The van der Waals surface area contributed by atoms with E-state index in [1.807, 2.05) is 22.8 Å². The Labute approximate surface area is 142 Å². The van der Waals surface area contributed by atoms with Crippen LogP contribution in [0.25, 0.3) is 5.52 Å². The lowest BCUT2D eigenvalue weighted by Crippen LogP contribution is -2.37. The minimum Gasteiger partial charge on any atom is -0.350 e. The average Bonchev–Trinajstić information content (AvgIpc) is 3.33. The maximum Gasteiger partial charge on any atom is 0.222 e. The van der Waals surface area contributed by atoms with E-state index in [-0.39, 0.29) is 0 Å². The molecule has 0 N–H and O–H groups in total. The molecule has 2 aromatic rings. The van der Waals surface area contributed by atoms with Crippen LogP contribution in [0.5, 0.6) is 0 Å². The topological polar surface area (TPSA) is 53.7 Å². The summed E-state index contributed by atoms with van der Waals surface area (Å²) in [6, 6.07) is 4.40. The molecule has 6 nitrogen and oxygen atoms in total. The summed E-state index contributed by atoms with van der Waals surface area (Å²) in [5.74, 6) is 2.11. The maximum atomic E-state index is 12.5. The standard InChI is InChI=1S/C18H25N5O/c1-14-8-10-21(17(24)7-6-15-4-5-15)11-12-22(14)18-16-3-2-9-23(16)20-13-19-18/h2-3,9,13-15H,4-8,10-12H2,1H3. The first-order valence-corrected chi connectivity index (χ1v) is 9.05. The van der Waals surface area contributed by atoms with Crippen molar-refractivity contribution in [2.45, 2.75) is 45.1 Å². The lowest BCUT2D eigenvalue weighted by molar-refractivity contribution is -0.131. The summed E-state index contributed by atoms with van der Waals surface area (Å²) in [5.41, 5.74) is 1.03. The molecule has 0 radical (unpaired) electrons. The average molecular weight is 327 g/mol. The van der Waals surface area contributed by atoms with Gasteiger partial charge in [0.2, 0.25) is 5.91 Å². The van der Waals surface area contributed by atoms with Gasteiger partial charge in [-0.2, -0.15) is 5.10 Å². The van der Waals surface area contributed by atoms with Gasteiger partial charge in [-0.05, 0) is 37.8 Å². The summed E-state index contributed by atoms with van der Waals surface area (Å²) >= 11 is 0. The first-order valence-electron chi connectivity index (χ1n) is 9.05. The van der Waals surface area contributed by atoms with Gasteiger partial charge in [0.1, 0.15) is 11.8 Å². The zero-order valence-corrected chi connectivity index (χ0v) is 14.3. The molecular weight excluding hydrogens is 302 g/mol. The third-order valence-electron chi connectivity index (χ3n) is 5.36. The van der Waals surface area contributed by atoms with Crippen LogP contribution in [-0.4, -0.2) is 51.1 Å². The second-order valence-electron chi connectivity index (χ2n) is 7.12. The van der Waals surface area contributed by atoms with Gasteiger partial charge >= 0.3 is 0 Å². The van der Waals surface area contributed by atoms with E-state index in [0.717, 1.165) is 56.1 Å². The number of rotatable bonds is 4. The molecule has 1 saturated carbocycles. The lowest BCUT2D eigenvalue weighted by atomic mass is 10.2. The van der Waals surface area contributed by atoms with Crippen LogP contribution in [0.4, 0.5) is 5.82 Å². The molecule has 1 atom stereocenters. The smallest absolute Gasteiger partial charge is 0.222 e. The fourth-order valence-electron chi connectivity index (χ4n) is 3.59. The molecule has 0 spiro atoms. The molecule has 0 bridgehead atoms. The van der Waals surface area contributed by atoms with E-state index in [1.165, 1.54) is 12.8 Å². The van der Waals surface area contributed by atoms with Crippen molar-refractivity contribution in [3.63, 3.8) is 0 Å². The zero-order chi connectivity index (χ0) is 16.5. The summed E-state index contributed by atoms with van der Waals surface area (Å²) in [7, 11) is 0. The molecular formula is C18H25N5O. The summed E-state index contributed by atoms with van der Waals surface area (Å²) < 4.78 is 1.86. The molecule has 1 amide bonds. The largest absolute Gasteiger partial charge is 0.350 e. The molecule has 24 heavy (non-hydrogen) atoms. The Kier molecular flexibility index (Phi) is 4.12. The minimum atomic E-state index is 0.325. The first kappa shape index (κ1) is 15.4. The number of aromatic nitrogens is 3. The first-order chi connectivity index (χ1) is 11.7. The maximum absolute atomic E-state index is 12.5. The molecule has 1 aliphatic heterocycles. The predicted molar refractivity (Wildman–Crippen MR) is 93.0 cm³/mol. The van der Waals surface area contributed by atoms with E-state index in [1.54, 1.807) is 6.33 Å². The molecule has 2 fully saturated rings.